The van der Waals surface area contributed by atoms with Gasteiger partial charge in [0.05, 0.1) is 5.92 Å². The van der Waals surface area contributed by atoms with E-state index < -0.39 is 5.97 Å². The predicted molar refractivity (Wildman–Crippen MR) is 54.1 cm³/mol. The number of carboxylic acids is 1. The predicted octanol–water partition coefficient (Wildman–Crippen LogP) is 1.58. The number of carboxylic acid groups (broad SMARTS) is 1. The molecule has 0 amide bonds. The first kappa shape index (κ1) is 9.97. The normalized spacial score (nSPS) is 35.2. The van der Waals surface area contributed by atoms with Crippen molar-refractivity contribution in [2.45, 2.75) is 38.6 Å². The van der Waals surface area contributed by atoms with Gasteiger partial charge in [0.25, 0.3) is 0 Å². The standard InChI is InChI=1S/C11H19NO2/c1-8(11(13)14)9-5-7-12-6-3-2-4-10(9)12/h8-10H,2-7H2,1H3,(H,13,14). The van der Waals surface area contributed by atoms with Crippen molar-refractivity contribution in [1.29, 1.82) is 0 Å². The van der Waals surface area contributed by atoms with Crippen LogP contribution in [0.15, 0.2) is 0 Å². The van der Waals surface area contributed by atoms with Crippen LogP contribution in [0.3, 0.4) is 0 Å². The van der Waals surface area contributed by atoms with Crippen LogP contribution in [0, 0.1) is 11.8 Å². The lowest BCUT2D eigenvalue weighted by Crippen LogP contribution is -2.39. The zero-order valence-corrected chi connectivity index (χ0v) is 8.78. The highest BCUT2D eigenvalue weighted by atomic mass is 16.4. The Morgan fingerprint density at radius 1 is 1.36 bits per heavy atom. The zero-order valence-electron chi connectivity index (χ0n) is 8.78. The topological polar surface area (TPSA) is 40.5 Å². The summed E-state index contributed by atoms with van der Waals surface area (Å²) in [6.07, 6.45) is 4.87. The lowest BCUT2D eigenvalue weighted by atomic mass is 9.84. The van der Waals surface area contributed by atoms with Crippen molar-refractivity contribution in [2.75, 3.05) is 13.1 Å². The fourth-order valence-corrected chi connectivity index (χ4v) is 3.05. The summed E-state index contributed by atoms with van der Waals surface area (Å²) < 4.78 is 0. The molecular formula is C11H19NO2. The molecule has 2 heterocycles. The van der Waals surface area contributed by atoms with Gasteiger partial charge in [-0.1, -0.05) is 13.3 Å². The molecule has 3 nitrogen and oxygen atoms in total. The molecule has 0 aliphatic carbocycles. The van der Waals surface area contributed by atoms with Gasteiger partial charge in [-0.25, -0.2) is 0 Å². The molecule has 0 saturated carbocycles. The van der Waals surface area contributed by atoms with Crippen LogP contribution in [0.5, 0.6) is 0 Å². The molecule has 14 heavy (non-hydrogen) atoms. The van der Waals surface area contributed by atoms with E-state index >= 15 is 0 Å². The minimum atomic E-state index is -0.623. The monoisotopic (exact) mass is 197 g/mol. The maximum absolute atomic E-state index is 10.9. The third kappa shape index (κ3) is 1.65. The first-order chi connectivity index (χ1) is 6.70. The van der Waals surface area contributed by atoms with Crippen molar-refractivity contribution in [3.8, 4) is 0 Å². The van der Waals surface area contributed by atoms with Crippen LogP contribution >= 0.6 is 0 Å². The largest absolute Gasteiger partial charge is 0.481 e. The maximum atomic E-state index is 10.9. The van der Waals surface area contributed by atoms with E-state index in [2.05, 4.69) is 4.90 Å². The van der Waals surface area contributed by atoms with Gasteiger partial charge >= 0.3 is 5.97 Å². The van der Waals surface area contributed by atoms with Gasteiger partial charge in [-0.2, -0.15) is 0 Å². The summed E-state index contributed by atoms with van der Waals surface area (Å²) in [5.41, 5.74) is 0. The summed E-state index contributed by atoms with van der Waals surface area (Å²) in [4.78, 5) is 13.4. The van der Waals surface area contributed by atoms with E-state index in [0.29, 0.717) is 12.0 Å². The highest BCUT2D eigenvalue weighted by Gasteiger charge is 2.40. The van der Waals surface area contributed by atoms with E-state index in [9.17, 15) is 4.79 Å². The SMILES string of the molecule is CC(C(=O)O)C1CCN2CCCCC12. The Morgan fingerprint density at radius 2 is 2.14 bits per heavy atom. The molecule has 2 aliphatic heterocycles. The number of hydrogen-bond donors (Lipinski definition) is 1. The molecule has 1 N–H and O–H groups in total. The van der Waals surface area contributed by atoms with E-state index in [1.807, 2.05) is 6.92 Å². The van der Waals surface area contributed by atoms with E-state index in [1.54, 1.807) is 0 Å². The lowest BCUT2D eigenvalue weighted by Gasteiger charge is -2.33. The van der Waals surface area contributed by atoms with Crippen molar-refractivity contribution in [3.63, 3.8) is 0 Å². The van der Waals surface area contributed by atoms with Crippen LogP contribution in [0.25, 0.3) is 0 Å². The van der Waals surface area contributed by atoms with Crippen LogP contribution in [0.2, 0.25) is 0 Å². The van der Waals surface area contributed by atoms with E-state index in [1.165, 1.54) is 25.8 Å². The van der Waals surface area contributed by atoms with Crippen molar-refractivity contribution < 1.29 is 9.90 Å². The Hall–Kier alpha value is -0.570. The Kier molecular flexibility index (Phi) is 2.77. The van der Waals surface area contributed by atoms with Crippen LogP contribution < -0.4 is 0 Å². The fourth-order valence-electron chi connectivity index (χ4n) is 3.05. The summed E-state index contributed by atoms with van der Waals surface area (Å²) >= 11 is 0. The number of fused-ring (bicyclic) bond motifs is 1. The Balaban J connectivity index is 2.03. The second-order valence-corrected chi connectivity index (χ2v) is 4.68. The van der Waals surface area contributed by atoms with Gasteiger partial charge in [0.2, 0.25) is 0 Å². The summed E-state index contributed by atoms with van der Waals surface area (Å²) in [6, 6.07) is 0.565. The van der Waals surface area contributed by atoms with Crippen LogP contribution in [-0.4, -0.2) is 35.1 Å². The maximum Gasteiger partial charge on any atom is 0.306 e. The molecule has 0 radical (unpaired) electrons. The Labute approximate surface area is 85.1 Å². The highest BCUT2D eigenvalue weighted by Crippen LogP contribution is 2.36. The second-order valence-electron chi connectivity index (χ2n) is 4.68. The zero-order chi connectivity index (χ0) is 10.1. The van der Waals surface area contributed by atoms with E-state index in [-0.39, 0.29) is 5.92 Å². The molecule has 2 saturated heterocycles. The summed E-state index contributed by atoms with van der Waals surface area (Å²) in [5.74, 6) is -0.390. The third-order valence-electron chi connectivity index (χ3n) is 3.94. The van der Waals surface area contributed by atoms with Crippen molar-refractivity contribution in [3.05, 3.63) is 0 Å². The third-order valence-corrected chi connectivity index (χ3v) is 3.94. The molecular weight excluding hydrogens is 178 g/mol. The summed E-state index contributed by atoms with van der Waals surface area (Å²) in [6.45, 7) is 4.17. The fraction of sp³-hybridized carbons (Fsp3) is 0.909. The van der Waals surface area contributed by atoms with Crippen molar-refractivity contribution >= 4 is 5.97 Å². The smallest absolute Gasteiger partial charge is 0.306 e. The number of hydrogen-bond acceptors (Lipinski definition) is 2. The quantitative estimate of drug-likeness (QED) is 0.730. The van der Waals surface area contributed by atoms with Gasteiger partial charge in [-0.3, -0.25) is 4.79 Å². The molecule has 2 fully saturated rings. The van der Waals surface area contributed by atoms with Crippen LogP contribution in [0.1, 0.15) is 32.6 Å². The summed E-state index contributed by atoms with van der Waals surface area (Å²) in [7, 11) is 0. The molecule has 3 atom stereocenters. The molecule has 2 rings (SSSR count). The van der Waals surface area contributed by atoms with Crippen LogP contribution in [0.4, 0.5) is 0 Å². The van der Waals surface area contributed by atoms with E-state index in [4.69, 9.17) is 5.11 Å². The number of carbonyl (C=O) groups is 1. The number of aliphatic carboxylic acids is 1. The number of nitrogens with zero attached hydrogens (tertiary/aromatic N) is 1. The number of piperidine rings is 1. The van der Waals surface area contributed by atoms with Gasteiger partial charge < -0.3 is 10.0 Å². The minimum Gasteiger partial charge on any atom is -0.481 e. The minimum absolute atomic E-state index is 0.164. The molecule has 0 spiro atoms. The molecule has 0 aromatic rings. The first-order valence-electron chi connectivity index (χ1n) is 5.67. The van der Waals surface area contributed by atoms with Crippen molar-refractivity contribution in [2.24, 2.45) is 11.8 Å². The molecule has 0 aromatic carbocycles. The average molecular weight is 197 g/mol. The lowest BCUT2D eigenvalue weighted by molar-refractivity contribution is -0.143. The molecule has 0 bridgehead atoms. The first-order valence-corrected chi connectivity index (χ1v) is 5.67. The second kappa shape index (κ2) is 3.89. The van der Waals surface area contributed by atoms with Gasteiger partial charge in [0, 0.05) is 6.04 Å². The average Bonchev–Trinajstić information content (AvgIpc) is 2.60. The molecule has 3 heteroatoms. The molecule has 80 valence electrons. The highest BCUT2D eigenvalue weighted by molar-refractivity contribution is 5.70. The molecule has 0 aromatic heterocycles. The summed E-state index contributed by atoms with van der Waals surface area (Å²) in [5, 5.41) is 9.01. The molecule has 2 aliphatic rings. The van der Waals surface area contributed by atoms with Crippen LogP contribution in [-0.2, 0) is 4.79 Å². The van der Waals surface area contributed by atoms with E-state index in [0.717, 1.165) is 13.0 Å². The Morgan fingerprint density at radius 3 is 2.86 bits per heavy atom. The van der Waals surface area contributed by atoms with Crippen molar-refractivity contribution in [1.82, 2.24) is 4.90 Å². The molecule has 3 unspecified atom stereocenters. The van der Waals surface area contributed by atoms with Gasteiger partial charge in [-0.15, -0.1) is 0 Å². The van der Waals surface area contributed by atoms with Gasteiger partial charge in [-0.05, 0) is 38.3 Å². The van der Waals surface area contributed by atoms with Gasteiger partial charge in [0.15, 0.2) is 0 Å². The Bertz CT molecular complexity index is 229. The number of rotatable bonds is 2. The van der Waals surface area contributed by atoms with Gasteiger partial charge in [0.1, 0.15) is 0 Å².